The minimum absolute atomic E-state index is 0.354. The first-order valence-electron chi connectivity index (χ1n) is 7.56. The standard InChI is InChI=1S/C19H23BrO/c1-4-14-6-9-16(5-2)18(12-14)19(20)13-15-7-10-17(21-3)11-8-15/h6-12,19H,4-5,13H2,1-3H3. The summed E-state index contributed by atoms with van der Waals surface area (Å²) in [6.45, 7) is 4.43. The Balaban J connectivity index is 2.20. The average molecular weight is 347 g/mol. The Morgan fingerprint density at radius 3 is 2.19 bits per heavy atom. The Morgan fingerprint density at radius 1 is 0.952 bits per heavy atom. The molecule has 0 aromatic heterocycles. The molecule has 0 saturated carbocycles. The van der Waals surface area contributed by atoms with Gasteiger partial charge < -0.3 is 4.74 Å². The third-order valence-corrected chi connectivity index (χ3v) is 4.73. The number of methoxy groups -OCH3 is 1. The Morgan fingerprint density at radius 2 is 1.62 bits per heavy atom. The van der Waals surface area contributed by atoms with E-state index in [0.717, 1.165) is 25.0 Å². The number of alkyl halides is 1. The van der Waals surface area contributed by atoms with E-state index in [1.165, 1.54) is 22.3 Å². The van der Waals surface area contributed by atoms with Gasteiger partial charge in [-0.15, -0.1) is 0 Å². The van der Waals surface area contributed by atoms with Gasteiger partial charge in [0.1, 0.15) is 5.75 Å². The zero-order valence-electron chi connectivity index (χ0n) is 13.0. The molecule has 21 heavy (non-hydrogen) atoms. The quantitative estimate of drug-likeness (QED) is 0.627. The lowest BCUT2D eigenvalue weighted by atomic mass is 9.95. The second-order valence-corrected chi connectivity index (χ2v) is 6.37. The smallest absolute Gasteiger partial charge is 0.118 e. The van der Waals surface area contributed by atoms with Gasteiger partial charge >= 0.3 is 0 Å². The number of aryl methyl sites for hydroxylation is 2. The lowest BCUT2D eigenvalue weighted by Crippen LogP contribution is -2.01. The van der Waals surface area contributed by atoms with E-state index in [1.807, 2.05) is 12.1 Å². The first-order valence-corrected chi connectivity index (χ1v) is 8.48. The normalized spacial score (nSPS) is 12.2. The predicted octanol–water partition coefficient (Wildman–Crippen LogP) is 5.50. The van der Waals surface area contributed by atoms with Crippen molar-refractivity contribution in [2.24, 2.45) is 0 Å². The van der Waals surface area contributed by atoms with Crippen molar-refractivity contribution in [3.8, 4) is 5.75 Å². The Hall–Kier alpha value is -1.28. The van der Waals surface area contributed by atoms with Gasteiger partial charge in [-0.1, -0.05) is 60.1 Å². The molecular weight excluding hydrogens is 324 g/mol. The molecule has 2 rings (SSSR count). The van der Waals surface area contributed by atoms with Crippen LogP contribution in [0, 0.1) is 0 Å². The molecule has 1 atom stereocenters. The van der Waals surface area contributed by atoms with Gasteiger partial charge in [0.05, 0.1) is 7.11 Å². The van der Waals surface area contributed by atoms with Crippen molar-refractivity contribution >= 4 is 15.9 Å². The van der Waals surface area contributed by atoms with Crippen molar-refractivity contribution in [3.05, 3.63) is 64.7 Å². The molecule has 0 bridgehead atoms. The second-order valence-electron chi connectivity index (χ2n) is 5.26. The van der Waals surface area contributed by atoms with Gasteiger partial charge in [-0.05, 0) is 53.6 Å². The van der Waals surface area contributed by atoms with Crippen molar-refractivity contribution in [1.29, 1.82) is 0 Å². The molecule has 0 aliphatic carbocycles. The lowest BCUT2D eigenvalue weighted by molar-refractivity contribution is 0.414. The maximum absolute atomic E-state index is 5.21. The molecule has 0 spiro atoms. The first-order chi connectivity index (χ1) is 10.2. The van der Waals surface area contributed by atoms with Crippen LogP contribution in [0.25, 0.3) is 0 Å². The van der Waals surface area contributed by atoms with E-state index in [-0.39, 0.29) is 0 Å². The van der Waals surface area contributed by atoms with Crippen molar-refractivity contribution in [3.63, 3.8) is 0 Å². The number of hydrogen-bond donors (Lipinski definition) is 0. The van der Waals surface area contributed by atoms with Crippen LogP contribution < -0.4 is 4.74 Å². The second kappa shape index (κ2) is 7.65. The summed E-state index contributed by atoms with van der Waals surface area (Å²) in [5, 5.41) is 0. The fourth-order valence-corrected chi connectivity index (χ4v) is 3.36. The highest BCUT2D eigenvalue weighted by Crippen LogP contribution is 2.31. The van der Waals surface area contributed by atoms with Crippen LogP contribution in [-0.4, -0.2) is 7.11 Å². The van der Waals surface area contributed by atoms with Gasteiger partial charge in [0.2, 0.25) is 0 Å². The van der Waals surface area contributed by atoms with Crippen LogP contribution in [0.4, 0.5) is 0 Å². The Kier molecular flexibility index (Phi) is 5.86. The molecule has 2 aromatic rings. The number of benzene rings is 2. The molecule has 0 heterocycles. The number of halogens is 1. The minimum Gasteiger partial charge on any atom is -0.497 e. The molecule has 112 valence electrons. The van der Waals surface area contributed by atoms with Crippen molar-refractivity contribution in [2.45, 2.75) is 37.9 Å². The van der Waals surface area contributed by atoms with E-state index in [9.17, 15) is 0 Å². The monoisotopic (exact) mass is 346 g/mol. The SMILES string of the molecule is CCc1ccc(CC)c(C(Br)Cc2ccc(OC)cc2)c1. The third-order valence-electron chi connectivity index (χ3n) is 3.91. The molecule has 0 fully saturated rings. The summed E-state index contributed by atoms with van der Waals surface area (Å²) in [5.74, 6) is 0.909. The van der Waals surface area contributed by atoms with Crippen LogP contribution in [0.2, 0.25) is 0 Å². The van der Waals surface area contributed by atoms with Crippen LogP contribution in [0.15, 0.2) is 42.5 Å². The molecule has 1 nitrogen and oxygen atoms in total. The molecule has 0 aliphatic rings. The van der Waals surface area contributed by atoms with E-state index in [4.69, 9.17) is 4.74 Å². The number of ether oxygens (including phenoxy) is 1. The maximum Gasteiger partial charge on any atom is 0.118 e. The van der Waals surface area contributed by atoms with Gasteiger partial charge in [-0.3, -0.25) is 0 Å². The van der Waals surface area contributed by atoms with Crippen LogP contribution in [0.1, 0.15) is 40.9 Å². The van der Waals surface area contributed by atoms with Crippen molar-refractivity contribution < 1.29 is 4.74 Å². The molecule has 2 heteroatoms. The van der Waals surface area contributed by atoms with Crippen molar-refractivity contribution in [1.82, 2.24) is 0 Å². The Labute approximate surface area is 136 Å². The molecular formula is C19H23BrO. The highest BCUT2D eigenvalue weighted by Gasteiger charge is 2.13. The summed E-state index contributed by atoms with van der Waals surface area (Å²) in [4.78, 5) is 0.354. The van der Waals surface area contributed by atoms with Gasteiger partial charge in [-0.25, -0.2) is 0 Å². The van der Waals surface area contributed by atoms with E-state index >= 15 is 0 Å². The zero-order valence-corrected chi connectivity index (χ0v) is 14.6. The fourth-order valence-electron chi connectivity index (χ4n) is 2.56. The van der Waals surface area contributed by atoms with Gasteiger partial charge in [0.15, 0.2) is 0 Å². The van der Waals surface area contributed by atoms with Crippen LogP contribution in [0.3, 0.4) is 0 Å². The maximum atomic E-state index is 5.21. The summed E-state index contributed by atoms with van der Waals surface area (Å²) in [7, 11) is 1.70. The highest BCUT2D eigenvalue weighted by molar-refractivity contribution is 9.09. The van der Waals surface area contributed by atoms with Crippen LogP contribution in [-0.2, 0) is 19.3 Å². The number of rotatable bonds is 6. The Bertz CT molecular complexity index is 575. The molecule has 0 amide bonds. The predicted molar refractivity (Wildman–Crippen MR) is 93.6 cm³/mol. The highest BCUT2D eigenvalue weighted by atomic mass is 79.9. The first kappa shape index (κ1) is 16.1. The summed E-state index contributed by atoms with van der Waals surface area (Å²) < 4.78 is 5.21. The fraction of sp³-hybridized carbons (Fsp3) is 0.368. The van der Waals surface area contributed by atoms with E-state index in [2.05, 4.69) is 60.1 Å². The molecule has 0 radical (unpaired) electrons. The molecule has 2 aromatic carbocycles. The zero-order chi connectivity index (χ0) is 15.2. The topological polar surface area (TPSA) is 9.23 Å². The van der Waals surface area contributed by atoms with E-state index in [1.54, 1.807) is 7.11 Å². The van der Waals surface area contributed by atoms with E-state index < -0.39 is 0 Å². The third kappa shape index (κ3) is 4.10. The summed E-state index contributed by atoms with van der Waals surface area (Å²) in [6, 6.07) is 15.2. The largest absolute Gasteiger partial charge is 0.497 e. The minimum atomic E-state index is 0.354. The van der Waals surface area contributed by atoms with E-state index in [0.29, 0.717) is 4.83 Å². The van der Waals surface area contributed by atoms with Gasteiger partial charge in [0.25, 0.3) is 0 Å². The van der Waals surface area contributed by atoms with Crippen LogP contribution in [0.5, 0.6) is 5.75 Å². The van der Waals surface area contributed by atoms with Crippen LogP contribution >= 0.6 is 15.9 Å². The molecule has 0 saturated heterocycles. The summed E-state index contributed by atoms with van der Waals surface area (Å²) in [6.07, 6.45) is 3.15. The lowest BCUT2D eigenvalue weighted by Gasteiger charge is -2.16. The number of hydrogen-bond acceptors (Lipinski definition) is 1. The molecule has 1 unspecified atom stereocenters. The molecule has 0 N–H and O–H groups in total. The molecule has 0 aliphatic heterocycles. The summed E-state index contributed by atoms with van der Waals surface area (Å²) in [5.41, 5.74) is 5.58. The average Bonchev–Trinajstić information content (AvgIpc) is 2.54. The van der Waals surface area contributed by atoms with Gasteiger partial charge in [-0.2, -0.15) is 0 Å². The summed E-state index contributed by atoms with van der Waals surface area (Å²) >= 11 is 3.88. The van der Waals surface area contributed by atoms with Crippen molar-refractivity contribution in [2.75, 3.05) is 7.11 Å². The van der Waals surface area contributed by atoms with Gasteiger partial charge in [0, 0.05) is 4.83 Å².